The van der Waals surface area contributed by atoms with Crippen LogP contribution in [0.5, 0.6) is 0 Å². The maximum absolute atomic E-state index is 2.48. The molecule has 0 radical (unpaired) electrons. The fraction of sp³-hybridized carbons (Fsp3) is 0.129. The van der Waals surface area contributed by atoms with Crippen LogP contribution in [0.3, 0.4) is 0 Å². The first-order chi connectivity index (χ1) is 16.0. The van der Waals surface area contributed by atoms with E-state index in [1.54, 1.807) is 0 Å². The molecule has 0 amide bonds. The molecule has 1 aromatic heterocycles. The van der Waals surface area contributed by atoms with Crippen LogP contribution in [0, 0.1) is 13.8 Å². The largest absolute Gasteiger partial charge is 0.220 e. The summed E-state index contributed by atoms with van der Waals surface area (Å²) in [5.41, 5.74) is 5.18. The molecule has 1 nitrogen and oxygen atoms in total. The van der Waals surface area contributed by atoms with Crippen molar-refractivity contribution in [2.75, 3.05) is 0 Å². The summed E-state index contributed by atoms with van der Waals surface area (Å²) in [4.78, 5) is 0. The van der Waals surface area contributed by atoms with E-state index in [9.17, 15) is 0 Å². The lowest BCUT2D eigenvalue weighted by Crippen LogP contribution is -2.64. The molecule has 0 aliphatic heterocycles. The number of aryl methyl sites for hydroxylation is 3. The molecular weight excluding hydrogens is 414 g/mol. The van der Waals surface area contributed by atoms with Gasteiger partial charge in [0.05, 0.1) is 5.39 Å². The maximum Gasteiger partial charge on any atom is 0.220 e. The summed E-state index contributed by atoms with van der Waals surface area (Å²) < 4.78 is 2.26. The molecular formula is C31H30NSi+. The Morgan fingerprint density at radius 1 is 0.636 bits per heavy atom. The monoisotopic (exact) mass is 444 g/mol. The quantitative estimate of drug-likeness (QED) is 0.208. The minimum atomic E-state index is -2.13. The van der Waals surface area contributed by atoms with E-state index in [-0.39, 0.29) is 0 Å². The molecule has 0 aliphatic carbocycles. The lowest BCUT2D eigenvalue weighted by Gasteiger charge is -2.29. The topological polar surface area (TPSA) is 3.88 Å². The molecule has 0 bridgehead atoms. The van der Waals surface area contributed by atoms with Gasteiger partial charge in [-0.1, -0.05) is 97.0 Å². The third kappa shape index (κ3) is 3.71. The van der Waals surface area contributed by atoms with Crippen molar-refractivity contribution in [1.82, 2.24) is 0 Å². The van der Waals surface area contributed by atoms with Gasteiger partial charge in [0.2, 0.25) is 5.69 Å². The molecule has 5 aromatic rings. The Kier molecular flexibility index (Phi) is 5.47. The molecule has 0 atom stereocenters. The van der Waals surface area contributed by atoms with E-state index in [0.717, 1.165) is 0 Å². The molecule has 162 valence electrons. The molecule has 0 saturated carbocycles. The molecule has 0 N–H and O–H groups in total. The van der Waals surface area contributed by atoms with Crippen molar-refractivity contribution in [2.24, 2.45) is 7.05 Å². The molecule has 1 heterocycles. The fourth-order valence-corrected chi connectivity index (χ4v) is 8.63. The van der Waals surface area contributed by atoms with E-state index in [1.807, 2.05) is 0 Å². The Bertz CT molecular complexity index is 1400. The van der Waals surface area contributed by atoms with Crippen molar-refractivity contribution in [1.29, 1.82) is 0 Å². The summed E-state index contributed by atoms with van der Waals surface area (Å²) in [5.74, 6) is 0. The maximum atomic E-state index is 2.48. The van der Waals surface area contributed by atoms with Crippen LogP contribution in [0.4, 0.5) is 0 Å². The number of fused-ring (bicyclic) bond motifs is 1. The van der Waals surface area contributed by atoms with Crippen LogP contribution in [-0.4, -0.2) is 8.07 Å². The first kappa shape index (κ1) is 21.4. The van der Waals surface area contributed by atoms with Crippen LogP contribution in [-0.2, 0) is 7.05 Å². The van der Waals surface area contributed by atoms with Crippen molar-refractivity contribution in [3.8, 4) is 11.3 Å². The standard InChI is InChI=1S/C31H30NSi/c1-23-15-16-24(2)30(21-23)31-29-18-17-28(22-25(29)19-20-32(31)3)33(4,26-11-7-5-8-12-26)27-13-9-6-10-14-27/h5-22H,1-4H3/q+1. The average molecular weight is 445 g/mol. The van der Waals surface area contributed by atoms with Gasteiger partial charge in [-0.25, -0.2) is 4.57 Å². The highest BCUT2D eigenvalue weighted by Crippen LogP contribution is 2.28. The van der Waals surface area contributed by atoms with Crippen molar-refractivity contribution < 1.29 is 4.57 Å². The zero-order valence-electron chi connectivity index (χ0n) is 19.8. The smallest absolute Gasteiger partial charge is 0.200 e. The minimum Gasteiger partial charge on any atom is -0.200 e. The van der Waals surface area contributed by atoms with Gasteiger partial charge < -0.3 is 0 Å². The van der Waals surface area contributed by atoms with Gasteiger partial charge in [-0.05, 0) is 52.5 Å². The predicted octanol–water partition coefficient (Wildman–Crippen LogP) is 5.05. The molecule has 5 rings (SSSR count). The highest BCUT2D eigenvalue weighted by atomic mass is 28.3. The van der Waals surface area contributed by atoms with Crippen molar-refractivity contribution in [2.45, 2.75) is 20.4 Å². The number of benzene rings is 4. The second-order valence-corrected chi connectivity index (χ2v) is 13.2. The van der Waals surface area contributed by atoms with Crippen LogP contribution in [0.2, 0.25) is 6.55 Å². The van der Waals surface area contributed by atoms with Gasteiger partial charge in [-0.15, -0.1) is 0 Å². The van der Waals surface area contributed by atoms with Crippen molar-refractivity contribution >= 4 is 34.4 Å². The van der Waals surface area contributed by atoms with Gasteiger partial charge in [0.1, 0.15) is 15.1 Å². The van der Waals surface area contributed by atoms with Gasteiger partial charge in [-0.2, -0.15) is 0 Å². The van der Waals surface area contributed by atoms with Crippen LogP contribution >= 0.6 is 0 Å². The van der Waals surface area contributed by atoms with E-state index < -0.39 is 8.07 Å². The molecule has 0 unspecified atom stereocenters. The molecule has 0 fully saturated rings. The molecule has 2 heteroatoms. The van der Waals surface area contributed by atoms with Gasteiger partial charge in [-0.3, -0.25) is 0 Å². The van der Waals surface area contributed by atoms with E-state index in [4.69, 9.17) is 0 Å². The first-order valence-electron chi connectivity index (χ1n) is 11.6. The summed E-state index contributed by atoms with van der Waals surface area (Å²) >= 11 is 0. The van der Waals surface area contributed by atoms with E-state index in [1.165, 1.54) is 48.7 Å². The van der Waals surface area contributed by atoms with Crippen LogP contribution < -0.4 is 20.1 Å². The van der Waals surface area contributed by atoms with Gasteiger partial charge in [0, 0.05) is 11.6 Å². The second kappa shape index (κ2) is 8.46. The summed E-state index contributed by atoms with van der Waals surface area (Å²) in [6, 6.07) is 38.3. The first-order valence-corrected chi connectivity index (χ1v) is 14.1. The molecule has 0 saturated heterocycles. The van der Waals surface area contributed by atoms with Crippen LogP contribution in [0.1, 0.15) is 11.1 Å². The predicted molar refractivity (Wildman–Crippen MR) is 143 cm³/mol. The zero-order valence-corrected chi connectivity index (χ0v) is 20.8. The highest BCUT2D eigenvalue weighted by molar-refractivity contribution is 7.10. The lowest BCUT2D eigenvalue weighted by molar-refractivity contribution is -0.659. The van der Waals surface area contributed by atoms with E-state index in [2.05, 4.69) is 141 Å². The fourth-order valence-electron chi connectivity index (χ4n) is 5.05. The second-order valence-electron chi connectivity index (χ2n) is 9.25. The summed E-state index contributed by atoms with van der Waals surface area (Å²) in [5, 5.41) is 6.91. The van der Waals surface area contributed by atoms with E-state index >= 15 is 0 Å². The van der Waals surface area contributed by atoms with Crippen molar-refractivity contribution in [3.05, 3.63) is 120 Å². The lowest BCUT2D eigenvalue weighted by atomic mass is 9.98. The Hall–Kier alpha value is -3.49. The Balaban J connectivity index is 1.76. The Morgan fingerprint density at radius 2 is 1.27 bits per heavy atom. The zero-order chi connectivity index (χ0) is 23.0. The number of hydrogen-bond acceptors (Lipinski definition) is 0. The SMILES string of the molecule is Cc1ccc(C)c(-c2c3ccc([Si](C)(c4ccccc4)c4ccccc4)cc3cc[n+]2C)c1. The number of nitrogens with zero attached hydrogens (tertiary/aromatic N) is 1. The molecule has 33 heavy (non-hydrogen) atoms. The molecule has 4 aromatic carbocycles. The Morgan fingerprint density at radius 3 is 1.91 bits per heavy atom. The third-order valence-electron chi connectivity index (χ3n) is 7.06. The van der Waals surface area contributed by atoms with Gasteiger partial charge in [0.25, 0.3) is 0 Å². The van der Waals surface area contributed by atoms with Gasteiger partial charge >= 0.3 is 0 Å². The molecule has 0 spiro atoms. The summed E-state index contributed by atoms with van der Waals surface area (Å²) in [7, 11) is 0.0182. The van der Waals surface area contributed by atoms with Gasteiger partial charge in [0.15, 0.2) is 6.20 Å². The minimum absolute atomic E-state index is 1.28. The molecule has 0 aliphatic rings. The number of pyridine rings is 1. The number of hydrogen-bond donors (Lipinski definition) is 0. The van der Waals surface area contributed by atoms with E-state index in [0.29, 0.717) is 0 Å². The number of rotatable bonds is 4. The van der Waals surface area contributed by atoms with Crippen LogP contribution in [0.25, 0.3) is 22.0 Å². The summed E-state index contributed by atoms with van der Waals surface area (Å²) in [6.45, 7) is 6.85. The third-order valence-corrected chi connectivity index (χ3v) is 11.5. The average Bonchev–Trinajstić information content (AvgIpc) is 2.86. The normalized spacial score (nSPS) is 11.6. The number of aromatic nitrogens is 1. The van der Waals surface area contributed by atoms with Crippen molar-refractivity contribution in [3.63, 3.8) is 0 Å². The van der Waals surface area contributed by atoms with Crippen LogP contribution in [0.15, 0.2) is 109 Å². The summed E-state index contributed by atoms with van der Waals surface area (Å²) in [6.07, 6.45) is 2.20. The highest BCUT2D eigenvalue weighted by Gasteiger charge is 2.34. The Labute approximate surface area is 198 Å².